The topological polar surface area (TPSA) is 38.9 Å². The van der Waals surface area contributed by atoms with Crippen molar-refractivity contribution in [3.05, 3.63) is 47.2 Å². The van der Waals surface area contributed by atoms with Gasteiger partial charge in [0.25, 0.3) is 0 Å². The van der Waals surface area contributed by atoms with Crippen molar-refractivity contribution in [1.29, 1.82) is 0 Å². The number of nitrogens with zero attached hydrogens (tertiary/aromatic N) is 1. The van der Waals surface area contributed by atoms with Gasteiger partial charge in [-0.1, -0.05) is 23.7 Å². The number of nitrogen functional groups attached to an aromatic ring is 1. The Bertz CT molecular complexity index is 495. The lowest BCUT2D eigenvalue weighted by atomic mass is 10.0. The van der Waals surface area contributed by atoms with E-state index >= 15 is 0 Å². The average molecular weight is 219 g/mol. The third kappa shape index (κ3) is 1.95. The normalized spacial score (nSPS) is 10.3. The number of aromatic nitrogens is 1. The smallest absolute Gasteiger partial charge is 0.0451 e. The van der Waals surface area contributed by atoms with Crippen LogP contribution in [-0.4, -0.2) is 4.98 Å². The highest BCUT2D eigenvalue weighted by molar-refractivity contribution is 6.31. The van der Waals surface area contributed by atoms with Crippen LogP contribution in [0.4, 0.5) is 5.69 Å². The van der Waals surface area contributed by atoms with E-state index in [9.17, 15) is 0 Å². The summed E-state index contributed by atoms with van der Waals surface area (Å²) < 4.78 is 0. The quantitative estimate of drug-likeness (QED) is 0.746. The maximum absolute atomic E-state index is 5.91. The molecule has 0 saturated heterocycles. The van der Waals surface area contributed by atoms with Gasteiger partial charge in [0.15, 0.2) is 0 Å². The Kier molecular flexibility index (Phi) is 2.60. The Hall–Kier alpha value is -1.54. The Morgan fingerprint density at radius 3 is 2.67 bits per heavy atom. The Labute approximate surface area is 93.7 Å². The molecular formula is C12H11ClN2. The monoisotopic (exact) mass is 218 g/mol. The van der Waals surface area contributed by atoms with Gasteiger partial charge in [-0.05, 0) is 25.1 Å². The van der Waals surface area contributed by atoms with Crippen molar-refractivity contribution < 1.29 is 0 Å². The lowest BCUT2D eigenvalue weighted by molar-refractivity contribution is 1.20. The predicted molar refractivity (Wildman–Crippen MR) is 63.8 cm³/mol. The van der Waals surface area contributed by atoms with Crippen molar-refractivity contribution in [2.24, 2.45) is 0 Å². The zero-order chi connectivity index (χ0) is 10.8. The molecule has 0 aliphatic carbocycles. The molecule has 1 heterocycles. The molecule has 0 spiro atoms. The fraction of sp³-hybridized carbons (Fsp3) is 0.0833. The van der Waals surface area contributed by atoms with Crippen LogP contribution in [0, 0.1) is 6.92 Å². The first-order valence-corrected chi connectivity index (χ1v) is 5.03. The largest absolute Gasteiger partial charge is 0.398 e. The highest BCUT2D eigenvalue weighted by Gasteiger charge is 2.05. The van der Waals surface area contributed by atoms with Crippen molar-refractivity contribution in [2.75, 3.05) is 5.73 Å². The summed E-state index contributed by atoms with van der Waals surface area (Å²) in [6.07, 6.45) is 1.77. The zero-order valence-corrected chi connectivity index (χ0v) is 9.12. The molecule has 0 atom stereocenters. The summed E-state index contributed by atoms with van der Waals surface area (Å²) in [5.74, 6) is 0. The lowest BCUT2D eigenvalue weighted by Gasteiger charge is -2.08. The van der Waals surface area contributed by atoms with E-state index in [0.29, 0.717) is 10.7 Å². The molecule has 0 bridgehead atoms. The number of halogens is 1. The predicted octanol–water partition coefficient (Wildman–Crippen LogP) is 3.29. The van der Waals surface area contributed by atoms with Crippen molar-refractivity contribution in [1.82, 2.24) is 4.98 Å². The van der Waals surface area contributed by atoms with Crippen LogP contribution >= 0.6 is 11.6 Å². The third-order valence-electron chi connectivity index (χ3n) is 2.31. The SMILES string of the molecule is Cc1ncccc1-c1ccc(Cl)cc1N. The molecule has 2 nitrogen and oxygen atoms in total. The zero-order valence-electron chi connectivity index (χ0n) is 8.37. The van der Waals surface area contributed by atoms with E-state index in [1.165, 1.54) is 0 Å². The summed E-state index contributed by atoms with van der Waals surface area (Å²) in [5, 5.41) is 0.651. The summed E-state index contributed by atoms with van der Waals surface area (Å²) in [7, 11) is 0. The number of nitrogens with two attached hydrogens (primary N) is 1. The average Bonchev–Trinajstić information content (AvgIpc) is 2.20. The Morgan fingerprint density at radius 1 is 1.20 bits per heavy atom. The molecule has 2 N–H and O–H groups in total. The summed E-state index contributed by atoms with van der Waals surface area (Å²) >= 11 is 5.85. The van der Waals surface area contributed by atoms with Gasteiger partial charge in [0.1, 0.15) is 0 Å². The molecule has 1 aromatic heterocycles. The van der Waals surface area contributed by atoms with Crippen LogP contribution in [0.15, 0.2) is 36.5 Å². The highest BCUT2D eigenvalue weighted by atomic mass is 35.5. The number of hydrogen-bond acceptors (Lipinski definition) is 2. The Morgan fingerprint density at radius 2 is 2.00 bits per heavy atom. The number of anilines is 1. The van der Waals surface area contributed by atoms with Crippen molar-refractivity contribution >= 4 is 17.3 Å². The molecule has 1 aromatic carbocycles. The summed E-state index contributed by atoms with van der Waals surface area (Å²) in [4.78, 5) is 4.23. The van der Waals surface area contributed by atoms with Gasteiger partial charge in [0.2, 0.25) is 0 Å². The molecule has 0 unspecified atom stereocenters. The van der Waals surface area contributed by atoms with E-state index in [1.54, 1.807) is 12.3 Å². The second kappa shape index (κ2) is 3.91. The molecule has 0 fully saturated rings. The van der Waals surface area contributed by atoms with Crippen LogP contribution in [0.2, 0.25) is 5.02 Å². The van der Waals surface area contributed by atoms with Crippen LogP contribution in [-0.2, 0) is 0 Å². The maximum Gasteiger partial charge on any atom is 0.0451 e. The molecule has 0 amide bonds. The van der Waals surface area contributed by atoms with Crippen LogP contribution in [0.3, 0.4) is 0 Å². The minimum Gasteiger partial charge on any atom is -0.398 e. The molecule has 0 radical (unpaired) electrons. The molecule has 2 rings (SSSR count). The number of benzene rings is 1. The van der Waals surface area contributed by atoms with Crippen LogP contribution in [0.5, 0.6) is 0 Å². The van der Waals surface area contributed by atoms with E-state index < -0.39 is 0 Å². The van der Waals surface area contributed by atoms with Gasteiger partial charge in [-0.3, -0.25) is 4.98 Å². The first kappa shape index (κ1) is 9.99. The highest BCUT2D eigenvalue weighted by Crippen LogP contribution is 2.29. The second-order valence-corrected chi connectivity index (χ2v) is 3.80. The number of pyridine rings is 1. The van der Waals surface area contributed by atoms with Crippen molar-refractivity contribution in [3.8, 4) is 11.1 Å². The number of rotatable bonds is 1. The van der Waals surface area contributed by atoms with Crippen LogP contribution in [0.25, 0.3) is 11.1 Å². The molecular weight excluding hydrogens is 208 g/mol. The minimum absolute atomic E-state index is 0.651. The third-order valence-corrected chi connectivity index (χ3v) is 2.55. The van der Waals surface area contributed by atoms with E-state index in [0.717, 1.165) is 16.8 Å². The van der Waals surface area contributed by atoms with Gasteiger partial charge in [0, 0.05) is 33.7 Å². The van der Waals surface area contributed by atoms with E-state index in [-0.39, 0.29) is 0 Å². The molecule has 0 aliphatic rings. The van der Waals surface area contributed by atoms with Gasteiger partial charge in [-0.15, -0.1) is 0 Å². The molecule has 15 heavy (non-hydrogen) atoms. The van der Waals surface area contributed by atoms with Crippen LogP contribution < -0.4 is 5.73 Å². The number of hydrogen-bond donors (Lipinski definition) is 1. The van der Waals surface area contributed by atoms with Gasteiger partial charge in [-0.25, -0.2) is 0 Å². The maximum atomic E-state index is 5.91. The molecule has 3 heteroatoms. The van der Waals surface area contributed by atoms with Crippen molar-refractivity contribution in [3.63, 3.8) is 0 Å². The second-order valence-electron chi connectivity index (χ2n) is 3.37. The van der Waals surface area contributed by atoms with Gasteiger partial charge in [-0.2, -0.15) is 0 Å². The fourth-order valence-electron chi connectivity index (χ4n) is 1.55. The molecule has 2 aromatic rings. The van der Waals surface area contributed by atoms with E-state index in [4.69, 9.17) is 17.3 Å². The summed E-state index contributed by atoms with van der Waals surface area (Å²) in [6.45, 7) is 1.96. The summed E-state index contributed by atoms with van der Waals surface area (Å²) in [5.41, 5.74) is 9.58. The van der Waals surface area contributed by atoms with Gasteiger partial charge >= 0.3 is 0 Å². The molecule has 0 aliphatic heterocycles. The number of aryl methyl sites for hydroxylation is 1. The summed E-state index contributed by atoms with van der Waals surface area (Å²) in [6, 6.07) is 9.41. The lowest BCUT2D eigenvalue weighted by Crippen LogP contribution is -1.92. The Balaban J connectivity index is 2.60. The van der Waals surface area contributed by atoms with Crippen molar-refractivity contribution in [2.45, 2.75) is 6.92 Å². The first-order valence-electron chi connectivity index (χ1n) is 4.65. The van der Waals surface area contributed by atoms with E-state index in [1.807, 2.05) is 31.2 Å². The van der Waals surface area contributed by atoms with Gasteiger partial charge < -0.3 is 5.73 Å². The molecule has 76 valence electrons. The van der Waals surface area contributed by atoms with Gasteiger partial charge in [0.05, 0.1) is 0 Å². The van der Waals surface area contributed by atoms with E-state index in [2.05, 4.69) is 4.98 Å². The fourth-order valence-corrected chi connectivity index (χ4v) is 1.73. The minimum atomic E-state index is 0.651. The van der Waals surface area contributed by atoms with Crippen LogP contribution in [0.1, 0.15) is 5.69 Å². The molecule has 0 saturated carbocycles. The first-order chi connectivity index (χ1) is 7.18. The standard InChI is InChI=1S/C12H11ClN2/c1-8-10(3-2-6-15-8)11-5-4-9(13)7-12(11)14/h2-7H,14H2,1H3.